The van der Waals surface area contributed by atoms with Crippen LogP contribution in [0.25, 0.3) is 0 Å². The molecule has 0 spiro atoms. The van der Waals surface area contributed by atoms with E-state index in [-0.39, 0.29) is 0 Å². The summed E-state index contributed by atoms with van der Waals surface area (Å²) in [5, 5.41) is 4.86. The van der Waals surface area contributed by atoms with E-state index in [9.17, 15) is 8.42 Å². The van der Waals surface area contributed by atoms with Crippen molar-refractivity contribution in [2.45, 2.75) is 38.1 Å². The number of sulfonamides is 1. The van der Waals surface area contributed by atoms with E-state index in [1.54, 1.807) is 11.4 Å². The molecule has 0 amide bonds. The summed E-state index contributed by atoms with van der Waals surface area (Å²) in [7, 11) is -3.38. The Kier molecular flexibility index (Phi) is 8.32. The molecule has 0 atom stereocenters. The van der Waals surface area contributed by atoms with Crippen molar-refractivity contribution in [3.63, 3.8) is 0 Å². The molecule has 0 aliphatic heterocycles. The van der Waals surface area contributed by atoms with Crippen LogP contribution in [0.4, 0.5) is 0 Å². The molecule has 116 valence electrons. The molecule has 1 aromatic heterocycles. The second kappa shape index (κ2) is 9.46. The molecular weight excluding hydrogens is 296 g/mol. The Balaban J connectivity index is 2.38. The lowest BCUT2D eigenvalue weighted by Gasteiger charge is -2.05. The highest BCUT2D eigenvalue weighted by atomic mass is 32.2. The van der Waals surface area contributed by atoms with Gasteiger partial charge in [-0.15, -0.1) is 11.3 Å². The zero-order valence-electron chi connectivity index (χ0n) is 12.1. The van der Waals surface area contributed by atoms with Crippen molar-refractivity contribution in [3.05, 3.63) is 16.3 Å². The van der Waals surface area contributed by atoms with Crippen LogP contribution < -0.4 is 10.0 Å². The van der Waals surface area contributed by atoms with E-state index < -0.39 is 10.0 Å². The molecule has 5 nitrogen and oxygen atoms in total. The van der Waals surface area contributed by atoms with Crippen LogP contribution in [0.2, 0.25) is 0 Å². The standard InChI is InChI=1S/C13H24N2O3S2/c1-3-7-18-8-5-6-15-20(16,17)13-9-12(19-11-13)10-14-4-2/h9,11,14-15H,3-8,10H2,1-2H3. The van der Waals surface area contributed by atoms with Gasteiger partial charge in [0.25, 0.3) is 0 Å². The van der Waals surface area contributed by atoms with E-state index in [2.05, 4.69) is 10.0 Å². The monoisotopic (exact) mass is 320 g/mol. The predicted molar refractivity (Wildman–Crippen MR) is 82.6 cm³/mol. The smallest absolute Gasteiger partial charge is 0.241 e. The van der Waals surface area contributed by atoms with E-state index in [0.717, 1.165) is 24.4 Å². The molecule has 7 heteroatoms. The molecule has 0 aliphatic carbocycles. The number of hydrogen-bond acceptors (Lipinski definition) is 5. The van der Waals surface area contributed by atoms with Crippen LogP contribution in [0.1, 0.15) is 31.6 Å². The highest BCUT2D eigenvalue weighted by molar-refractivity contribution is 7.89. The maximum absolute atomic E-state index is 12.0. The quantitative estimate of drug-likeness (QED) is 0.612. The summed E-state index contributed by atoms with van der Waals surface area (Å²) in [6, 6.07) is 1.73. The zero-order valence-corrected chi connectivity index (χ0v) is 13.8. The number of ether oxygens (including phenoxy) is 1. The maximum Gasteiger partial charge on any atom is 0.241 e. The van der Waals surface area contributed by atoms with Gasteiger partial charge in [-0.3, -0.25) is 0 Å². The molecule has 0 unspecified atom stereocenters. The van der Waals surface area contributed by atoms with Gasteiger partial charge < -0.3 is 10.1 Å². The molecule has 1 rings (SSSR count). The van der Waals surface area contributed by atoms with E-state index in [4.69, 9.17) is 4.74 Å². The van der Waals surface area contributed by atoms with Crippen molar-refractivity contribution in [1.82, 2.24) is 10.0 Å². The molecule has 1 heterocycles. The van der Waals surface area contributed by atoms with Crippen molar-refractivity contribution in [2.24, 2.45) is 0 Å². The first-order chi connectivity index (χ1) is 9.60. The van der Waals surface area contributed by atoms with E-state index in [0.29, 0.717) is 31.0 Å². The third-order valence-electron chi connectivity index (χ3n) is 2.60. The normalized spacial score (nSPS) is 11.9. The molecule has 0 saturated heterocycles. The molecule has 0 saturated carbocycles. The van der Waals surface area contributed by atoms with Gasteiger partial charge in [-0.05, 0) is 25.5 Å². The van der Waals surface area contributed by atoms with Crippen molar-refractivity contribution in [1.29, 1.82) is 0 Å². The summed E-state index contributed by atoms with van der Waals surface area (Å²) in [5.74, 6) is 0. The summed E-state index contributed by atoms with van der Waals surface area (Å²) >= 11 is 1.46. The van der Waals surface area contributed by atoms with Crippen LogP contribution in [0.5, 0.6) is 0 Å². The van der Waals surface area contributed by atoms with Crippen molar-refractivity contribution >= 4 is 21.4 Å². The Labute approximate surface area is 125 Å². The van der Waals surface area contributed by atoms with Gasteiger partial charge in [-0.25, -0.2) is 13.1 Å². The lowest BCUT2D eigenvalue weighted by atomic mass is 10.4. The van der Waals surface area contributed by atoms with Gasteiger partial charge in [-0.2, -0.15) is 0 Å². The third kappa shape index (κ3) is 6.32. The summed E-state index contributed by atoms with van der Waals surface area (Å²) in [5.41, 5.74) is 0. The Morgan fingerprint density at radius 3 is 2.80 bits per heavy atom. The van der Waals surface area contributed by atoms with Crippen LogP contribution in [0.3, 0.4) is 0 Å². The topological polar surface area (TPSA) is 67.4 Å². The first-order valence-corrected chi connectivity index (χ1v) is 9.32. The van der Waals surface area contributed by atoms with Gasteiger partial charge in [0.05, 0.1) is 4.90 Å². The van der Waals surface area contributed by atoms with Crippen molar-refractivity contribution < 1.29 is 13.2 Å². The van der Waals surface area contributed by atoms with E-state index in [1.165, 1.54) is 11.3 Å². The highest BCUT2D eigenvalue weighted by Crippen LogP contribution is 2.18. The van der Waals surface area contributed by atoms with Gasteiger partial charge >= 0.3 is 0 Å². The fourth-order valence-corrected chi connectivity index (χ4v) is 3.87. The van der Waals surface area contributed by atoms with Gasteiger partial charge in [0.1, 0.15) is 0 Å². The van der Waals surface area contributed by atoms with Crippen LogP contribution in [0, 0.1) is 0 Å². The first-order valence-electron chi connectivity index (χ1n) is 6.95. The maximum atomic E-state index is 12.0. The van der Waals surface area contributed by atoms with Gasteiger partial charge in [0.2, 0.25) is 10.0 Å². The largest absolute Gasteiger partial charge is 0.381 e. The average Bonchev–Trinajstić information content (AvgIpc) is 2.90. The minimum absolute atomic E-state index is 0.352. The minimum atomic E-state index is -3.38. The van der Waals surface area contributed by atoms with Crippen LogP contribution >= 0.6 is 11.3 Å². The molecule has 20 heavy (non-hydrogen) atoms. The Morgan fingerprint density at radius 1 is 1.30 bits per heavy atom. The molecular formula is C13H24N2O3S2. The third-order valence-corrected chi connectivity index (χ3v) is 5.12. The summed E-state index contributed by atoms with van der Waals surface area (Å²) in [6.45, 7) is 7.37. The molecule has 0 aliphatic rings. The Hall–Kier alpha value is -0.470. The van der Waals surface area contributed by atoms with Crippen LogP contribution in [-0.4, -0.2) is 34.7 Å². The fraction of sp³-hybridized carbons (Fsp3) is 0.692. The van der Waals surface area contributed by atoms with Crippen molar-refractivity contribution in [2.75, 3.05) is 26.3 Å². The van der Waals surface area contributed by atoms with Crippen molar-refractivity contribution in [3.8, 4) is 0 Å². The molecule has 0 fully saturated rings. The predicted octanol–water partition coefficient (Wildman–Crippen LogP) is 1.95. The second-order valence-electron chi connectivity index (χ2n) is 4.39. The fourth-order valence-electron chi connectivity index (χ4n) is 1.55. The number of thiophene rings is 1. The summed E-state index contributed by atoms with van der Waals surface area (Å²) in [4.78, 5) is 1.38. The lowest BCUT2D eigenvalue weighted by molar-refractivity contribution is 0.133. The minimum Gasteiger partial charge on any atom is -0.381 e. The Morgan fingerprint density at radius 2 is 2.10 bits per heavy atom. The number of rotatable bonds is 11. The summed E-state index contributed by atoms with van der Waals surface area (Å²) < 4.78 is 32.0. The van der Waals surface area contributed by atoms with Crippen LogP contribution in [0.15, 0.2) is 16.3 Å². The zero-order chi connectivity index (χ0) is 14.8. The first kappa shape index (κ1) is 17.6. The SMILES string of the molecule is CCCOCCCNS(=O)(=O)c1csc(CNCC)c1. The van der Waals surface area contributed by atoms with E-state index >= 15 is 0 Å². The molecule has 1 aromatic rings. The summed E-state index contributed by atoms with van der Waals surface area (Å²) in [6.07, 6.45) is 1.67. The molecule has 2 N–H and O–H groups in total. The van der Waals surface area contributed by atoms with Gasteiger partial charge in [-0.1, -0.05) is 13.8 Å². The lowest BCUT2D eigenvalue weighted by Crippen LogP contribution is -2.25. The Bertz CT molecular complexity index is 472. The number of hydrogen-bond donors (Lipinski definition) is 2. The molecule has 0 bridgehead atoms. The highest BCUT2D eigenvalue weighted by Gasteiger charge is 2.15. The molecule has 0 radical (unpaired) electrons. The van der Waals surface area contributed by atoms with E-state index in [1.807, 2.05) is 13.8 Å². The van der Waals surface area contributed by atoms with Gasteiger partial charge in [0, 0.05) is 36.6 Å². The van der Waals surface area contributed by atoms with Gasteiger partial charge in [0.15, 0.2) is 0 Å². The molecule has 0 aromatic carbocycles. The number of nitrogens with one attached hydrogen (secondary N) is 2. The second-order valence-corrected chi connectivity index (χ2v) is 7.16. The average molecular weight is 320 g/mol. The van der Waals surface area contributed by atoms with Crippen LogP contribution in [-0.2, 0) is 21.3 Å².